The predicted octanol–water partition coefficient (Wildman–Crippen LogP) is 6.80. The molecule has 0 bridgehead atoms. The summed E-state index contributed by atoms with van der Waals surface area (Å²) in [4.78, 5) is 8.95. The number of alkyl halides is 3. The van der Waals surface area contributed by atoms with E-state index in [-0.39, 0.29) is 18.4 Å². The number of rotatable bonds is 11. The molecule has 1 aliphatic heterocycles. The lowest BCUT2D eigenvalue weighted by Crippen LogP contribution is -2.55. The van der Waals surface area contributed by atoms with E-state index in [0.29, 0.717) is 31.6 Å². The fraction of sp³-hybridized carbons (Fsp3) is 0.483. The zero-order valence-electron chi connectivity index (χ0n) is 22.4. The summed E-state index contributed by atoms with van der Waals surface area (Å²) < 4.78 is 44.7. The van der Waals surface area contributed by atoms with Gasteiger partial charge in [0.2, 0.25) is 0 Å². The van der Waals surface area contributed by atoms with E-state index >= 15 is 0 Å². The van der Waals surface area contributed by atoms with Crippen molar-refractivity contribution in [1.82, 2.24) is 20.1 Å². The molecular formula is C29H38F3N5O. The molecular weight excluding hydrogens is 491 g/mol. The van der Waals surface area contributed by atoms with Crippen molar-refractivity contribution in [3.8, 4) is 11.1 Å². The second-order valence-corrected chi connectivity index (χ2v) is 9.63. The SMILES string of the molecule is C=C(/C=C\C(=C/CCC)C(O)(C1CCNCC1)C(F)(F)F)n1cc(-c2ccnc(C)c2N=CCCC)cn1. The zero-order valence-corrected chi connectivity index (χ0v) is 22.4. The minimum atomic E-state index is -4.81. The van der Waals surface area contributed by atoms with Crippen LogP contribution in [0.25, 0.3) is 16.8 Å². The number of piperidine rings is 1. The highest BCUT2D eigenvalue weighted by molar-refractivity contribution is 5.80. The maximum absolute atomic E-state index is 14.4. The van der Waals surface area contributed by atoms with E-state index < -0.39 is 17.7 Å². The van der Waals surface area contributed by atoms with Gasteiger partial charge >= 0.3 is 6.18 Å². The Morgan fingerprint density at radius 3 is 2.58 bits per heavy atom. The van der Waals surface area contributed by atoms with Crippen molar-refractivity contribution in [3.63, 3.8) is 0 Å². The number of aliphatic hydroxyl groups is 1. The summed E-state index contributed by atoms with van der Waals surface area (Å²) in [6.45, 7) is 10.8. The van der Waals surface area contributed by atoms with E-state index in [4.69, 9.17) is 0 Å². The summed E-state index contributed by atoms with van der Waals surface area (Å²) in [7, 11) is 0. The molecule has 1 atom stereocenters. The number of allylic oxidation sites excluding steroid dienone is 3. The van der Waals surface area contributed by atoms with Crippen LogP contribution < -0.4 is 5.32 Å². The van der Waals surface area contributed by atoms with Gasteiger partial charge in [0.25, 0.3) is 0 Å². The summed E-state index contributed by atoms with van der Waals surface area (Å²) >= 11 is 0. The zero-order chi connectivity index (χ0) is 27.8. The van der Waals surface area contributed by atoms with Crippen LogP contribution in [0.2, 0.25) is 0 Å². The Morgan fingerprint density at radius 2 is 1.92 bits per heavy atom. The monoisotopic (exact) mass is 529 g/mol. The second kappa shape index (κ2) is 13.2. The molecule has 1 aliphatic rings. The molecule has 0 saturated carbocycles. The largest absolute Gasteiger partial charge is 0.421 e. The van der Waals surface area contributed by atoms with Gasteiger partial charge in [0, 0.05) is 35.7 Å². The van der Waals surface area contributed by atoms with Crippen molar-refractivity contribution in [2.45, 2.75) is 71.1 Å². The number of hydrogen-bond acceptors (Lipinski definition) is 5. The lowest BCUT2D eigenvalue weighted by molar-refractivity contribution is -0.264. The van der Waals surface area contributed by atoms with E-state index in [1.54, 1.807) is 18.6 Å². The van der Waals surface area contributed by atoms with Crippen LogP contribution >= 0.6 is 0 Å². The van der Waals surface area contributed by atoms with E-state index in [1.165, 1.54) is 22.9 Å². The maximum Gasteiger partial charge on any atom is 0.421 e. The van der Waals surface area contributed by atoms with Crippen molar-refractivity contribution in [2.75, 3.05) is 13.1 Å². The lowest BCUT2D eigenvalue weighted by atomic mass is 9.74. The van der Waals surface area contributed by atoms with E-state index in [0.717, 1.165) is 35.3 Å². The third-order valence-electron chi connectivity index (χ3n) is 6.84. The van der Waals surface area contributed by atoms with Gasteiger partial charge in [-0.05, 0) is 63.4 Å². The molecule has 0 aliphatic carbocycles. The molecule has 2 N–H and O–H groups in total. The maximum atomic E-state index is 14.4. The molecule has 0 spiro atoms. The van der Waals surface area contributed by atoms with Crippen molar-refractivity contribution in [2.24, 2.45) is 10.9 Å². The molecule has 0 amide bonds. The van der Waals surface area contributed by atoms with Gasteiger partial charge in [0.05, 0.1) is 23.3 Å². The van der Waals surface area contributed by atoms with Gasteiger partial charge in [-0.1, -0.05) is 45.4 Å². The summed E-state index contributed by atoms with van der Waals surface area (Å²) in [6.07, 6.45) is 9.91. The smallest absolute Gasteiger partial charge is 0.376 e. The van der Waals surface area contributed by atoms with Gasteiger partial charge in [-0.15, -0.1) is 0 Å². The third-order valence-corrected chi connectivity index (χ3v) is 6.84. The fourth-order valence-electron chi connectivity index (χ4n) is 4.64. The Bertz CT molecular complexity index is 1180. The van der Waals surface area contributed by atoms with Gasteiger partial charge in [-0.3, -0.25) is 9.98 Å². The first kappa shape index (κ1) is 29.5. The van der Waals surface area contributed by atoms with Gasteiger partial charge in [0.1, 0.15) is 0 Å². The Morgan fingerprint density at radius 1 is 1.21 bits per heavy atom. The fourth-order valence-corrected chi connectivity index (χ4v) is 4.64. The van der Waals surface area contributed by atoms with Crippen LogP contribution in [-0.4, -0.2) is 51.0 Å². The average molecular weight is 530 g/mol. The minimum absolute atomic E-state index is 0.149. The molecule has 206 valence electrons. The van der Waals surface area contributed by atoms with Crippen molar-refractivity contribution in [3.05, 3.63) is 60.7 Å². The van der Waals surface area contributed by atoms with E-state index in [9.17, 15) is 18.3 Å². The Kier molecular flexibility index (Phi) is 10.2. The van der Waals surface area contributed by atoms with E-state index in [2.05, 4.69) is 33.9 Å². The topological polar surface area (TPSA) is 75.3 Å². The number of unbranched alkanes of at least 4 members (excludes halogenated alkanes) is 2. The highest BCUT2D eigenvalue weighted by Crippen LogP contribution is 2.45. The van der Waals surface area contributed by atoms with Crippen molar-refractivity contribution < 1.29 is 18.3 Å². The first-order valence-corrected chi connectivity index (χ1v) is 13.2. The van der Waals surface area contributed by atoms with Crippen LogP contribution in [0, 0.1) is 12.8 Å². The molecule has 6 nitrogen and oxygen atoms in total. The van der Waals surface area contributed by atoms with E-state index in [1.807, 2.05) is 26.1 Å². The normalized spacial score (nSPS) is 17.4. The Balaban J connectivity index is 1.91. The number of hydrogen-bond donors (Lipinski definition) is 2. The highest BCUT2D eigenvalue weighted by atomic mass is 19.4. The molecule has 2 aromatic heterocycles. The number of pyridine rings is 1. The summed E-state index contributed by atoms with van der Waals surface area (Å²) in [5.41, 5.74) is 0.474. The second-order valence-electron chi connectivity index (χ2n) is 9.63. The molecule has 38 heavy (non-hydrogen) atoms. The van der Waals surface area contributed by atoms with Crippen LogP contribution in [0.3, 0.4) is 0 Å². The first-order chi connectivity index (χ1) is 18.1. The van der Waals surface area contributed by atoms with Gasteiger partial charge in [-0.2, -0.15) is 18.3 Å². The number of halogens is 3. The molecule has 1 unspecified atom stereocenters. The molecule has 1 fully saturated rings. The summed E-state index contributed by atoms with van der Waals surface area (Å²) in [5, 5.41) is 18.7. The number of aromatic nitrogens is 3. The number of aryl methyl sites for hydroxylation is 1. The summed E-state index contributed by atoms with van der Waals surface area (Å²) in [6, 6.07) is 1.86. The van der Waals surface area contributed by atoms with Crippen LogP contribution in [-0.2, 0) is 0 Å². The first-order valence-electron chi connectivity index (χ1n) is 13.2. The number of nitrogens with zero attached hydrogens (tertiary/aromatic N) is 4. The Hall–Kier alpha value is -3.04. The van der Waals surface area contributed by atoms with Crippen molar-refractivity contribution in [1.29, 1.82) is 0 Å². The highest BCUT2D eigenvalue weighted by Gasteiger charge is 2.59. The predicted molar refractivity (Wildman–Crippen MR) is 147 cm³/mol. The van der Waals surface area contributed by atoms with Crippen LogP contribution in [0.5, 0.6) is 0 Å². The lowest BCUT2D eigenvalue weighted by Gasteiger charge is -2.41. The molecule has 1 saturated heterocycles. The Labute approximate surface area is 223 Å². The number of aliphatic imine (C=N–C) groups is 1. The molecule has 3 heterocycles. The van der Waals surface area contributed by atoms with Crippen LogP contribution in [0.15, 0.2) is 60.0 Å². The van der Waals surface area contributed by atoms with Crippen LogP contribution in [0.4, 0.5) is 18.9 Å². The molecule has 3 rings (SSSR count). The van der Waals surface area contributed by atoms with Gasteiger partial charge in [0.15, 0.2) is 5.60 Å². The standard InChI is InChI=1S/C29H38F3N5O/c1-5-7-9-24(28(38,29(30,31)32)25-12-16-33-17-13-25)11-10-21(3)37-20-23(19-36-37)26-14-18-34-22(4)27(26)35-15-8-6-2/h9-11,14-15,18-20,25,33,38H,3,5-8,12-13,16-17H2,1-2,4H3/b11-10-,24-9+,35-15?. The minimum Gasteiger partial charge on any atom is -0.376 e. The summed E-state index contributed by atoms with van der Waals surface area (Å²) in [5.74, 6) is -0.928. The van der Waals surface area contributed by atoms with Gasteiger partial charge in [-0.25, -0.2) is 4.68 Å². The quantitative estimate of drug-likeness (QED) is 0.248. The molecule has 0 radical (unpaired) electrons. The molecule has 2 aromatic rings. The van der Waals surface area contributed by atoms with Gasteiger partial charge < -0.3 is 10.4 Å². The molecule has 0 aromatic carbocycles. The van der Waals surface area contributed by atoms with Crippen molar-refractivity contribution >= 4 is 17.6 Å². The number of nitrogens with one attached hydrogen (secondary N) is 1. The third kappa shape index (κ3) is 6.69. The average Bonchev–Trinajstić information content (AvgIpc) is 3.39. The molecule has 9 heteroatoms. The van der Waals surface area contributed by atoms with Crippen LogP contribution in [0.1, 0.15) is 58.1 Å².